The smallest absolute Gasteiger partial charge is 0.316 e. The minimum absolute atomic E-state index is 0.162. The van der Waals surface area contributed by atoms with Gasteiger partial charge < -0.3 is 9.47 Å². The Labute approximate surface area is 120 Å². The number of aryl methyl sites for hydroxylation is 1. The molecular formula is C16H22O4. The highest BCUT2D eigenvalue weighted by atomic mass is 16.5. The van der Waals surface area contributed by atoms with Crippen LogP contribution < -0.4 is 4.74 Å². The van der Waals surface area contributed by atoms with Crippen LogP contribution in [0.4, 0.5) is 0 Å². The second kappa shape index (κ2) is 7.68. The van der Waals surface area contributed by atoms with Gasteiger partial charge in [-0.3, -0.25) is 9.59 Å². The van der Waals surface area contributed by atoms with Gasteiger partial charge in [0.1, 0.15) is 17.5 Å². The molecule has 0 aliphatic rings. The predicted molar refractivity (Wildman–Crippen MR) is 76.7 cm³/mol. The first-order valence-corrected chi connectivity index (χ1v) is 6.78. The monoisotopic (exact) mass is 278 g/mol. The Morgan fingerprint density at radius 3 is 2.40 bits per heavy atom. The molecule has 1 aromatic rings. The van der Waals surface area contributed by atoms with E-state index in [4.69, 9.17) is 9.47 Å². The molecule has 0 aliphatic heterocycles. The van der Waals surface area contributed by atoms with Crippen LogP contribution in [-0.2, 0) is 20.7 Å². The molecule has 4 heteroatoms. The first-order valence-electron chi connectivity index (χ1n) is 6.78. The van der Waals surface area contributed by atoms with Crippen LogP contribution in [0.5, 0.6) is 5.75 Å². The van der Waals surface area contributed by atoms with Crippen molar-refractivity contribution in [2.75, 3.05) is 7.11 Å². The van der Waals surface area contributed by atoms with Gasteiger partial charge >= 0.3 is 5.97 Å². The molecule has 1 atom stereocenters. The number of ether oxygens (including phenoxy) is 2. The van der Waals surface area contributed by atoms with Crippen LogP contribution in [-0.4, -0.2) is 25.0 Å². The topological polar surface area (TPSA) is 52.6 Å². The van der Waals surface area contributed by atoms with E-state index in [1.54, 1.807) is 21.0 Å². The minimum Gasteiger partial charge on any atom is -0.496 e. The highest BCUT2D eigenvalue weighted by Crippen LogP contribution is 2.21. The second-order valence-corrected chi connectivity index (χ2v) is 5.00. The lowest BCUT2D eigenvalue weighted by Crippen LogP contribution is -2.27. The first kappa shape index (κ1) is 16.2. The molecular weight excluding hydrogens is 256 g/mol. The SMILES string of the molecule is COc1ccccc1CCC(C(C)=O)C(=O)OC(C)C. The van der Waals surface area contributed by atoms with Crippen molar-refractivity contribution in [2.24, 2.45) is 5.92 Å². The van der Waals surface area contributed by atoms with Crippen molar-refractivity contribution in [3.8, 4) is 5.75 Å². The van der Waals surface area contributed by atoms with Crippen molar-refractivity contribution in [1.29, 1.82) is 0 Å². The van der Waals surface area contributed by atoms with Gasteiger partial charge in [0.05, 0.1) is 13.2 Å². The van der Waals surface area contributed by atoms with E-state index in [2.05, 4.69) is 0 Å². The molecule has 20 heavy (non-hydrogen) atoms. The molecule has 0 aromatic heterocycles. The number of Topliss-reactive ketones (excluding diaryl/α,β-unsaturated/α-hetero) is 1. The van der Waals surface area contributed by atoms with Gasteiger partial charge in [-0.1, -0.05) is 18.2 Å². The van der Waals surface area contributed by atoms with E-state index in [-0.39, 0.29) is 11.9 Å². The third-order valence-electron chi connectivity index (χ3n) is 3.02. The van der Waals surface area contributed by atoms with E-state index in [0.29, 0.717) is 12.8 Å². The second-order valence-electron chi connectivity index (χ2n) is 5.00. The van der Waals surface area contributed by atoms with Gasteiger partial charge in [0.25, 0.3) is 0 Å². The number of carbonyl (C=O) groups excluding carboxylic acids is 2. The molecule has 4 nitrogen and oxygen atoms in total. The van der Waals surface area contributed by atoms with E-state index in [0.717, 1.165) is 11.3 Å². The maximum Gasteiger partial charge on any atom is 0.316 e. The van der Waals surface area contributed by atoms with Crippen molar-refractivity contribution in [3.63, 3.8) is 0 Å². The quantitative estimate of drug-likeness (QED) is 0.568. The molecule has 0 saturated heterocycles. The van der Waals surface area contributed by atoms with Crippen molar-refractivity contribution in [3.05, 3.63) is 29.8 Å². The summed E-state index contributed by atoms with van der Waals surface area (Å²) in [5.74, 6) is -0.540. The number of hydrogen-bond acceptors (Lipinski definition) is 4. The van der Waals surface area contributed by atoms with Crippen LogP contribution in [0.25, 0.3) is 0 Å². The standard InChI is InChI=1S/C16H22O4/c1-11(2)20-16(18)14(12(3)17)10-9-13-7-5-6-8-15(13)19-4/h5-8,11,14H,9-10H2,1-4H3. The number of para-hydroxylation sites is 1. The lowest BCUT2D eigenvalue weighted by atomic mass is 9.96. The number of benzene rings is 1. The summed E-state index contributed by atoms with van der Waals surface area (Å²) in [7, 11) is 1.61. The zero-order valence-corrected chi connectivity index (χ0v) is 12.5. The van der Waals surface area contributed by atoms with Gasteiger partial charge in [-0.05, 0) is 45.2 Å². The number of carbonyl (C=O) groups is 2. The molecule has 0 N–H and O–H groups in total. The van der Waals surface area contributed by atoms with Gasteiger partial charge in [0, 0.05) is 0 Å². The Balaban J connectivity index is 2.72. The Morgan fingerprint density at radius 1 is 1.20 bits per heavy atom. The van der Waals surface area contributed by atoms with Crippen LogP contribution in [0.15, 0.2) is 24.3 Å². The molecule has 0 saturated carbocycles. The maximum atomic E-state index is 11.9. The molecule has 1 rings (SSSR count). The molecule has 0 amide bonds. The summed E-state index contributed by atoms with van der Waals surface area (Å²) in [5.41, 5.74) is 0.985. The van der Waals surface area contributed by atoms with Gasteiger partial charge in [-0.25, -0.2) is 0 Å². The third-order valence-corrected chi connectivity index (χ3v) is 3.02. The van der Waals surface area contributed by atoms with Crippen molar-refractivity contribution in [2.45, 2.75) is 39.7 Å². The average Bonchev–Trinajstić information content (AvgIpc) is 2.38. The fraction of sp³-hybridized carbons (Fsp3) is 0.500. The summed E-state index contributed by atoms with van der Waals surface area (Å²) in [6.07, 6.45) is 0.818. The van der Waals surface area contributed by atoms with E-state index in [9.17, 15) is 9.59 Å². The van der Waals surface area contributed by atoms with Crippen molar-refractivity contribution >= 4 is 11.8 Å². The Kier molecular flexibility index (Phi) is 6.22. The zero-order valence-electron chi connectivity index (χ0n) is 12.5. The van der Waals surface area contributed by atoms with E-state index >= 15 is 0 Å². The number of methoxy groups -OCH3 is 1. The average molecular weight is 278 g/mol. The molecule has 0 heterocycles. The molecule has 1 aromatic carbocycles. The largest absolute Gasteiger partial charge is 0.496 e. The van der Waals surface area contributed by atoms with Gasteiger partial charge in [0.2, 0.25) is 0 Å². The van der Waals surface area contributed by atoms with Gasteiger partial charge in [-0.15, -0.1) is 0 Å². The molecule has 0 aliphatic carbocycles. The fourth-order valence-corrected chi connectivity index (χ4v) is 2.01. The van der Waals surface area contributed by atoms with E-state index in [1.807, 2.05) is 24.3 Å². The summed E-state index contributed by atoms with van der Waals surface area (Å²) >= 11 is 0. The maximum absolute atomic E-state index is 11.9. The van der Waals surface area contributed by atoms with Gasteiger partial charge in [0.15, 0.2) is 0 Å². The van der Waals surface area contributed by atoms with Crippen LogP contribution >= 0.6 is 0 Å². The highest BCUT2D eigenvalue weighted by Gasteiger charge is 2.25. The molecule has 1 unspecified atom stereocenters. The zero-order chi connectivity index (χ0) is 15.1. The van der Waals surface area contributed by atoms with Crippen LogP contribution in [0.3, 0.4) is 0 Å². The minimum atomic E-state index is -0.706. The Hall–Kier alpha value is -1.84. The van der Waals surface area contributed by atoms with Crippen LogP contribution in [0.1, 0.15) is 32.8 Å². The van der Waals surface area contributed by atoms with Crippen LogP contribution in [0.2, 0.25) is 0 Å². The number of ketones is 1. The normalized spacial score (nSPS) is 12.1. The number of hydrogen-bond donors (Lipinski definition) is 0. The Morgan fingerprint density at radius 2 is 1.85 bits per heavy atom. The van der Waals surface area contributed by atoms with E-state index < -0.39 is 11.9 Å². The summed E-state index contributed by atoms with van der Waals surface area (Å²) in [5, 5.41) is 0. The van der Waals surface area contributed by atoms with Gasteiger partial charge in [-0.2, -0.15) is 0 Å². The van der Waals surface area contributed by atoms with Crippen LogP contribution in [0, 0.1) is 5.92 Å². The fourth-order valence-electron chi connectivity index (χ4n) is 2.01. The first-order chi connectivity index (χ1) is 9.45. The number of esters is 1. The molecule has 0 bridgehead atoms. The Bertz CT molecular complexity index is 465. The molecule has 0 spiro atoms. The summed E-state index contributed by atoms with van der Waals surface area (Å²) in [6.45, 7) is 4.97. The summed E-state index contributed by atoms with van der Waals surface area (Å²) in [4.78, 5) is 23.5. The molecule has 110 valence electrons. The third kappa shape index (κ3) is 4.68. The van der Waals surface area contributed by atoms with Crippen molar-refractivity contribution < 1.29 is 19.1 Å². The predicted octanol–water partition coefficient (Wildman–Crippen LogP) is 2.78. The van der Waals surface area contributed by atoms with Crippen molar-refractivity contribution in [1.82, 2.24) is 0 Å². The lowest BCUT2D eigenvalue weighted by molar-refractivity contribution is -0.155. The lowest BCUT2D eigenvalue weighted by Gasteiger charge is -2.16. The molecule has 0 radical (unpaired) electrons. The highest BCUT2D eigenvalue weighted by molar-refractivity contribution is 5.97. The van der Waals surface area contributed by atoms with E-state index in [1.165, 1.54) is 6.92 Å². The molecule has 0 fully saturated rings. The summed E-state index contributed by atoms with van der Waals surface area (Å²) in [6, 6.07) is 7.60. The summed E-state index contributed by atoms with van der Waals surface area (Å²) < 4.78 is 10.4. The number of rotatable bonds is 7.